The predicted octanol–water partition coefficient (Wildman–Crippen LogP) is 1.79. The Morgan fingerprint density at radius 1 is 1.36 bits per heavy atom. The molecule has 1 aromatic rings. The zero-order chi connectivity index (χ0) is 15.5. The van der Waals surface area contributed by atoms with Gasteiger partial charge in [-0.05, 0) is 50.6 Å². The van der Waals surface area contributed by atoms with Crippen molar-refractivity contribution in [1.29, 1.82) is 0 Å². The molecule has 1 fully saturated rings. The first-order chi connectivity index (χ1) is 9.87. The number of nitrogens with one attached hydrogen (secondary N) is 2. The third-order valence-electron chi connectivity index (χ3n) is 3.48. The number of halogens is 2. The van der Waals surface area contributed by atoms with Crippen molar-refractivity contribution < 1.29 is 13.2 Å². The van der Waals surface area contributed by atoms with E-state index in [0.29, 0.717) is 11.1 Å². The summed E-state index contributed by atoms with van der Waals surface area (Å²) < 4.78 is 24.3. The van der Waals surface area contributed by atoms with Crippen LogP contribution in [0.15, 0.2) is 29.2 Å². The summed E-state index contributed by atoms with van der Waals surface area (Å²) in [6.45, 7) is 2.87. The van der Waals surface area contributed by atoms with Crippen molar-refractivity contribution in [3.05, 3.63) is 29.3 Å². The first-order valence-corrected chi connectivity index (χ1v) is 8.91. The second kappa shape index (κ2) is 8.15. The Hall–Kier alpha value is -0.820. The van der Waals surface area contributed by atoms with Crippen molar-refractivity contribution in [2.24, 2.45) is 0 Å². The number of benzene rings is 1. The molecule has 0 radical (unpaired) electrons. The van der Waals surface area contributed by atoms with Gasteiger partial charge in [-0.15, -0.1) is 12.4 Å². The molecule has 2 atom stereocenters. The Kier molecular flexibility index (Phi) is 7.12. The minimum Gasteiger partial charge on any atom is -0.352 e. The van der Waals surface area contributed by atoms with Crippen LogP contribution in [-0.4, -0.2) is 38.7 Å². The highest BCUT2D eigenvalue weighted by Crippen LogP contribution is 2.15. The van der Waals surface area contributed by atoms with Gasteiger partial charge in [0.05, 0.1) is 4.90 Å². The van der Waals surface area contributed by atoms with Crippen LogP contribution < -0.4 is 10.6 Å². The van der Waals surface area contributed by atoms with Gasteiger partial charge in [-0.25, -0.2) is 8.42 Å². The molecule has 2 N–H and O–H groups in total. The highest BCUT2D eigenvalue weighted by atomic mass is 35.5. The molecule has 124 valence electrons. The number of amides is 1. The zero-order valence-electron chi connectivity index (χ0n) is 12.2. The van der Waals surface area contributed by atoms with Crippen LogP contribution in [0.25, 0.3) is 0 Å². The number of carbonyl (C=O) groups is 1. The Balaban J connectivity index is 0.00000242. The van der Waals surface area contributed by atoms with Crippen LogP contribution in [0.3, 0.4) is 0 Å². The second-order valence-corrected chi connectivity index (χ2v) is 7.78. The van der Waals surface area contributed by atoms with Crippen molar-refractivity contribution in [1.82, 2.24) is 10.6 Å². The van der Waals surface area contributed by atoms with Crippen LogP contribution in [-0.2, 0) is 14.6 Å². The van der Waals surface area contributed by atoms with E-state index in [1.807, 2.05) is 6.92 Å². The molecule has 0 spiro atoms. The van der Waals surface area contributed by atoms with E-state index in [1.54, 1.807) is 0 Å². The van der Waals surface area contributed by atoms with E-state index in [4.69, 9.17) is 11.6 Å². The largest absolute Gasteiger partial charge is 0.352 e. The van der Waals surface area contributed by atoms with Gasteiger partial charge in [-0.1, -0.05) is 11.6 Å². The molecule has 2 unspecified atom stereocenters. The van der Waals surface area contributed by atoms with Crippen molar-refractivity contribution in [3.8, 4) is 0 Å². The molecule has 0 bridgehead atoms. The molecule has 0 aromatic heterocycles. The van der Waals surface area contributed by atoms with Gasteiger partial charge in [-0.2, -0.15) is 0 Å². The summed E-state index contributed by atoms with van der Waals surface area (Å²) in [5.74, 6) is -0.989. The number of rotatable bonds is 4. The van der Waals surface area contributed by atoms with E-state index in [9.17, 15) is 13.2 Å². The number of hydrogen-bond donors (Lipinski definition) is 2. The predicted molar refractivity (Wildman–Crippen MR) is 89.4 cm³/mol. The lowest BCUT2D eigenvalue weighted by molar-refractivity contribution is -0.119. The van der Waals surface area contributed by atoms with Crippen LogP contribution >= 0.6 is 24.0 Å². The van der Waals surface area contributed by atoms with Crippen LogP contribution in [0, 0.1) is 0 Å². The lowest BCUT2D eigenvalue weighted by Crippen LogP contribution is -2.47. The van der Waals surface area contributed by atoms with Crippen LogP contribution in [0.4, 0.5) is 0 Å². The van der Waals surface area contributed by atoms with Gasteiger partial charge < -0.3 is 10.6 Å². The van der Waals surface area contributed by atoms with Crippen molar-refractivity contribution in [3.63, 3.8) is 0 Å². The summed E-state index contributed by atoms with van der Waals surface area (Å²) in [4.78, 5) is 12.0. The third-order valence-corrected chi connectivity index (χ3v) is 5.37. The van der Waals surface area contributed by atoms with Gasteiger partial charge in [0.25, 0.3) is 0 Å². The van der Waals surface area contributed by atoms with Crippen molar-refractivity contribution in [2.75, 3.05) is 12.3 Å². The molecule has 8 heteroatoms. The molecule has 1 saturated heterocycles. The van der Waals surface area contributed by atoms with Crippen LogP contribution in [0.1, 0.15) is 19.8 Å². The summed E-state index contributed by atoms with van der Waals surface area (Å²) >= 11 is 5.73. The average Bonchev–Trinajstić information content (AvgIpc) is 2.38. The Labute approximate surface area is 142 Å². The van der Waals surface area contributed by atoms with Crippen molar-refractivity contribution in [2.45, 2.75) is 36.7 Å². The average molecular weight is 367 g/mol. The summed E-state index contributed by atoms with van der Waals surface area (Å²) in [7, 11) is -3.63. The normalized spacial score (nSPS) is 21.7. The van der Waals surface area contributed by atoms with Crippen LogP contribution in [0.5, 0.6) is 0 Å². The number of hydrogen-bond acceptors (Lipinski definition) is 4. The maximum atomic E-state index is 12.1. The summed E-state index contributed by atoms with van der Waals surface area (Å²) in [6, 6.07) is 6.20. The van der Waals surface area contributed by atoms with Gasteiger partial charge in [0, 0.05) is 17.1 Å². The first-order valence-electron chi connectivity index (χ1n) is 6.88. The molecule has 1 aliphatic heterocycles. The molecular weight excluding hydrogens is 347 g/mol. The van der Waals surface area contributed by atoms with E-state index in [1.165, 1.54) is 24.3 Å². The van der Waals surface area contributed by atoms with E-state index in [-0.39, 0.29) is 23.3 Å². The van der Waals surface area contributed by atoms with Gasteiger partial charge in [0.2, 0.25) is 5.91 Å². The Morgan fingerprint density at radius 2 is 2.00 bits per heavy atom. The zero-order valence-corrected chi connectivity index (χ0v) is 14.6. The fourth-order valence-corrected chi connectivity index (χ4v) is 3.70. The highest BCUT2D eigenvalue weighted by Gasteiger charge is 2.24. The number of sulfone groups is 1. The summed E-state index contributed by atoms with van der Waals surface area (Å²) in [5, 5.41) is 6.55. The minimum absolute atomic E-state index is 0. The molecule has 0 saturated carbocycles. The fraction of sp³-hybridized carbons (Fsp3) is 0.500. The lowest BCUT2D eigenvalue weighted by Gasteiger charge is -2.28. The smallest absolute Gasteiger partial charge is 0.235 e. The van der Waals surface area contributed by atoms with Gasteiger partial charge >= 0.3 is 0 Å². The lowest BCUT2D eigenvalue weighted by atomic mass is 10.0. The first kappa shape index (κ1) is 19.2. The molecule has 1 aromatic carbocycles. The molecule has 22 heavy (non-hydrogen) atoms. The monoisotopic (exact) mass is 366 g/mol. The highest BCUT2D eigenvalue weighted by molar-refractivity contribution is 7.92. The van der Waals surface area contributed by atoms with Crippen LogP contribution in [0.2, 0.25) is 5.02 Å². The molecule has 0 aliphatic carbocycles. The maximum absolute atomic E-state index is 12.1. The third kappa shape index (κ3) is 5.43. The number of carbonyl (C=O) groups excluding carboxylic acids is 1. The molecular formula is C14H20Cl2N2O3S. The van der Waals surface area contributed by atoms with E-state index in [2.05, 4.69) is 10.6 Å². The maximum Gasteiger partial charge on any atom is 0.235 e. The standard InChI is InChI=1S/C14H19ClN2O3S.ClH/c1-10-8-12(6-7-16-10)17-14(18)9-21(19,20)13-4-2-11(15)3-5-13;/h2-5,10,12,16H,6-9H2,1H3,(H,17,18);1H. The molecule has 5 nitrogen and oxygen atoms in total. The summed E-state index contributed by atoms with van der Waals surface area (Å²) in [5.41, 5.74) is 0. The number of piperidine rings is 1. The van der Waals surface area contributed by atoms with Gasteiger partial charge in [0.1, 0.15) is 5.75 Å². The van der Waals surface area contributed by atoms with Gasteiger partial charge in [-0.3, -0.25) is 4.79 Å². The van der Waals surface area contributed by atoms with Gasteiger partial charge in [0.15, 0.2) is 9.84 Å². The molecule has 1 heterocycles. The Bertz CT molecular complexity index is 605. The van der Waals surface area contributed by atoms with E-state index >= 15 is 0 Å². The SMILES string of the molecule is CC1CC(NC(=O)CS(=O)(=O)c2ccc(Cl)cc2)CCN1.Cl. The Morgan fingerprint density at radius 3 is 2.59 bits per heavy atom. The van der Waals surface area contributed by atoms with E-state index < -0.39 is 21.5 Å². The fourth-order valence-electron chi connectivity index (χ4n) is 2.43. The molecule has 1 amide bonds. The quantitative estimate of drug-likeness (QED) is 0.851. The van der Waals surface area contributed by atoms with E-state index in [0.717, 1.165) is 19.4 Å². The summed E-state index contributed by atoms with van der Waals surface area (Å²) in [6.07, 6.45) is 1.63. The minimum atomic E-state index is -3.63. The molecule has 2 rings (SSSR count). The topological polar surface area (TPSA) is 75.3 Å². The van der Waals surface area contributed by atoms with Crippen molar-refractivity contribution >= 4 is 39.8 Å². The molecule has 1 aliphatic rings. The second-order valence-electron chi connectivity index (χ2n) is 5.36.